The van der Waals surface area contributed by atoms with Crippen LogP contribution in [0, 0.1) is 24.2 Å². The molecule has 1 aromatic carbocycles. The number of aliphatic carboxylic acids is 1. The van der Waals surface area contributed by atoms with E-state index in [9.17, 15) is 4.79 Å². The summed E-state index contributed by atoms with van der Waals surface area (Å²) in [5.74, 6) is -0.974. The highest BCUT2D eigenvalue weighted by Crippen LogP contribution is 2.28. The molecule has 0 aliphatic heterocycles. The van der Waals surface area contributed by atoms with Gasteiger partial charge in [0, 0.05) is 6.04 Å². The van der Waals surface area contributed by atoms with Crippen molar-refractivity contribution in [1.82, 2.24) is 0 Å². The zero-order valence-corrected chi connectivity index (χ0v) is 11.0. The van der Waals surface area contributed by atoms with E-state index < -0.39 is 5.97 Å². The van der Waals surface area contributed by atoms with E-state index in [2.05, 4.69) is 11.4 Å². The molecule has 19 heavy (non-hydrogen) atoms. The van der Waals surface area contributed by atoms with Crippen LogP contribution in [0.3, 0.4) is 0 Å². The van der Waals surface area contributed by atoms with Crippen LogP contribution in [0.25, 0.3) is 0 Å². The molecular formula is C15H18N2O2. The maximum atomic E-state index is 11.0. The lowest BCUT2D eigenvalue weighted by molar-refractivity contribution is -0.142. The van der Waals surface area contributed by atoms with Gasteiger partial charge in [0.2, 0.25) is 0 Å². The fourth-order valence-electron chi connectivity index (χ4n) is 2.64. The van der Waals surface area contributed by atoms with Gasteiger partial charge >= 0.3 is 5.97 Å². The second kappa shape index (κ2) is 5.75. The number of rotatable bonds is 3. The minimum Gasteiger partial charge on any atom is -0.481 e. The van der Waals surface area contributed by atoms with Crippen LogP contribution in [0.1, 0.15) is 36.8 Å². The molecule has 0 bridgehead atoms. The van der Waals surface area contributed by atoms with Crippen LogP contribution < -0.4 is 5.32 Å². The Balaban J connectivity index is 2.11. The molecule has 2 unspecified atom stereocenters. The van der Waals surface area contributed by atoms with E-state index in [-0.39, 0.29) is 12.0 Å². The number of nitrogens with zero attached hydrogens (tertiary/aromatic N) is 1. The predicted molar refractivity (Wildman–Crippen MR) is 72.9 cm³/mol. The number of nitrogens with one attached hydrogen (secondary N) is 1. The molecule has 1 aromatic rings. The Kier molecular flexibility index (Phi) is 4.06. The average Bonchev–Trinajstić information content (AvgIpc) is 2.39. The van der Waals surface area contributed by atoms with Gasteiger partial charge < -0.3 is 10.4 Å². The summed E-state index contributed by atoms with van der Waals surface area (Å²) < 4.78 is 0. The number of hydrogen-bond acceptors (Lipinski definition) is 3. The van der Waals surface area contributed by atoms with Gasteiger partial charge in [0.1, 0.15) is 6.07 Å². The van der Waals surface area contributed by atoms with Crippen LogP contribution in [0.5, 0.6) is 0 Å². The maximum Gasteiger partial charge on any atom is 0.306 e. The number of carboxylic acid groups (broad SMARTS) is 1. The smallest absolute Gasteiger partial charge is 0.306 e. The van der Waals surface area contributed by atoms with Crippen molar-refractivity contribution in [2.75, 3.05) is 5.32 Å². The number of carbonyl (C=O) groups is 1. The Morgan fingerprint density at radius 1 is 1.47 bits per heavy atom. The van der Waals surface area contributed by atoms with Crippen molar-refractivity contribution >= 4 is 11.7 Å². The summed E-state index contributed by atoms with van der Waals surface area (Å²) >= 11 is 0. The highest BCUT2D eigenvalue weighted by Gasteiger charge is 2.27. The summed E-state index contributed by atoms with van der Waals surface area (Å²) in [5, 5.41) is 21.5. The highest BCUT2D eigenvalue weighted by atomic mass is 16.4. The first-order valence-electron chi connectivity index (χ1n) is 6.60. The lowest BCUT2D eigenvalue weighted by atomic mass is 9.85. The lowest BCUT2D eigenvalue weighted by Gasteiger charge is -2.28. The molecule has 100 valence electrons. The first kappa shape index (κ1) is 13.4. The average molecular weight is 258 g/mol. The third kappa shape index (κ3) is 3.25. The van der Waals surface area contributed by atoms with Gasteiger partial charge in [0.25, 0.3) is 0 Å². The molecule has 4 nitrogen and oxygen atoms in total. The van der Waals surface area contributed by atoms with Crippen molar-refractivity contribution in [3.63, 3.8) is 0 Å². The minimum atomic E-state index is -0.712. The molecular weight excluding hydrogens is 240 g/mol. The quantitative estimate of drug-likeness (QED) is 0.874. The summed E-state index contributed by atoms with van der Waals surface area (Å²) in [6.45, 7) is 1.98. The lowest BCUT2D eigenvalue weighted by Crippen LogP contribution is -2.31. The Bertz CT molecular complexity index is 519. The predicted octanol–water partition coefficient (Wildman–Crippen LogP) is 2.92. The number of aryl methyl sites for hydroxylation is 1. The number of hydrogen-bond donors (Lipinski definition) is 2. The summed E-state index contributed by atoms with van der Waals surface area (Å²) in [4.78, 5) is 11.0. The molecule has 0 spiro atoms. The number of anilines is 1. The first-order valence-corrected chi connectivity index (χ1v) is 6.60. The number of carboxylic acids is 1. The van der Waals surface area contributed by atoms with E-state index in [1.165, 1.54) is 0 Å². The first-order chi connectivity index (χ1) is 9.10. The topological polar surface area (TPSA) is 73.1 Å². The molecule has 1 aliphatic carbocycles. The third-order valence-electron chi connectivity index (χ3n) is 3.68. The number of benzene rings is 1. The molecule has 1 fully saturated rings. The van der Waals surface area contributed by atoms with Crippen molar-refractivity contribution < 1.29 is 9.90 Å². The minimum absolute atomic E-state index is 0.142. The number of nitriles is 1. The largest absolute Gasteiger partial charge is 0.481 e. The summed E-state index contributed by atoms with van der Waals surface area (Å²) in [7, 11) is 0. The molecule has 0 saturated heterocycles. The summed E-state index contributed by atoms with van der Waals surface area (Å²) in [6.07, 6.45) is 3.27. The van der Waals surface area contributed by atoms with Gasteiger partial charge in [-0.3, -0.25) is 4.79 Å². The van der Waals surface area contributed by atoms with Gasteiger partial charge in [-0.25, -0.2) is 0 Å². The monoisotopic (exact) mass is 258 g/mol. The SMILES string of the molecule is Cc1ccc(C#N)c(NC2CCCC(C(=O)O)C2)c1. The molecule has 4 heteroatoms. The van der Waals surface area contributed by atoms with Crippen LogP contribution in [-0.2, 0) is 4.79 Å². The van der Waals surface area contributed by atoms with E-state index in [1.54, 1.807) is 6.07 Å². The molecule has 0 heterocycles. The van der Waals surface area contributed by atoms with Crippen molar-refractivity contribution in [1.29, 1.82) is 5.26 Å². The van der Waals surface area contributed by atoms with Crippen molar-refractivity contribution in [3.05, 3.63) is 29.3 Å². The van der Waals surface area contributed by atoms with Gasteiger partial charge in [-0.15, -0.1) is 0 Å². The molecule has 2 atom stereocenters. The zero-order chi connectivity index (χ0) is 13.8. The van der Waals surface area contributed by atoms with E-state index in [4.69, 9.17) is 10.4 Å². The van der Waals surface area contributed by atoms with Gasteiger partial charge in [0.05, 0.1) is 17.2 Å². The second-order valence-electron chi connectivity index (χ2n) is 5.20. The molecule has 0 radical (unpaired) electrons. The Morgan fingerprint density at radius 3 is 2.95 bits per heavy atom. The molecule has 2 rings (SSSR count). The van der Waals surface area contributed by atoms with Crippen LogP contribution in [0.15, 0.2) is 18.2 Å². The highest BCUT2D eigenvalue weighted by molar-refractivity contribution is 5.70. The van der Waals surface area contributed by atoms with Crippen LogP contribution in [-0.4, -0.2) is 17.1 Å². The van der Waals surface area contributed by atoms with Crippen molar-refractivity contribution in [3.8, 4) is 6.07 Å². The summed E-state index contributed by atoms with van der Waals surface area (Å²) in [6, 6.07) is 7.97. The Hall–Kier alpha value is -2.02. The van der Waals surface area contributed by atoms with E-state index >= 15 is 0 Å². The van der Waals surface area contributed by atoms with E-state index in [0.29, 0.717) is 12.0 Å². The van der Waals surface area contributed by atoms with Gasteiger partial charge in [-0.2, -0.15) is 5.26 Å². The van der Waals surface area contributed by atoms with Gasteiger partial charge in [-0.05, 0) is 43.9 Å². The molecule has 0 aromatic heterocycles. The standard InChI is InChI=1S/C15H18N2O2/c1-10-5-6-12(9-16)14(7-10)17-13-4-2-3-11(8-13)15(18)19/h5-7,11,13,17H,2-4,8H2,1H3,(H,18,19). The fraction of sp³-hybridized carbons (Fsp3) is 0.467. The normalized spacial score (nSPS) is 22.5. The second-order valence-corrected chi connectivity index (χ2v) is 5.20. The van der Waals surface area contributed by atoms with Crippen LogP contribution >= 0.6 is 0 Å². The van der Waals surface area contributed by atoms with Crippen molar-refractivity contribution in [2.45, 2.75) is 38.6 Å². The molecule has 0 amide bonds. The maximum absolute atomic E-state index is 11.0. The van der Waals surface area contributed by atoms with Crippen molar-refractivity contribution in [2.24, 2.45) is 5.92 Å². The molecule has 1 aliphatic rings. The van der Waals surface area contributed by atoms with Crippen LogP contribution in [0.2, 0.25) is 0 Å². The Morgan fingerprint density at radius 2 is 2.26 bits per heavy atom. The van der Waals surface area contributed by atoms with Gasteiger partial charge in [0.15, 0.2) is 0 Å². The fourth-order valence-corrected chi connectivity index (χ4v) is 2.64. The van der Waals surface area contributed by atoms with E-state index in [1.807, 2.05) is 19.1 Å². The van der Waals surface area contributed by atoms with Crippen LogP contribution in [0.4, 0.5) is 5.69 Å². The van der Waals surface area contributed by atoms with E-state index in [0.717, 1.165) is 30.5 Å². The van der Waals surface area contributed by atoms with Gasteiger partial charge in [-0.1, -0.05) is 12.5 Å². The zero-order valence-electron chi connectivity index (χ0n) is 11.0. The third-order valence-corrected chi connectivity index (χ3v) is 3.68. The summed E-state index contributed by atoms with van der Waals surface area (Å²) in [5.41, 5.74) is 2.52. The molecule has 1 saturated carbocycles. The Labute approximate surface area is 113 Å². The molecule has 2 N–H and O–H groups in total.